The zero-order valence-electron chi connectivity index (χ0n) is 19.4. The molecule has 2 amide bonds. The maximum absolute atomic E-state index is 12.4. The normalized spacial score (nSPS) is 14.6. The van der Waals surface area contributed by atoms with Gasteiger partial charge in [0.2, 0.25) is 11.8 Å². The summed E-state index contributed by atoms with van der Waals surface area (Å²) in [5, 5.41) is 16.7. The molecule has 1 saturated heterocycles. The van der Waals surface area contributed by atoms with Crippen LogP contribution in [0.15, 0.2) is 36.4 Å². The van der Waals surface area contributed by atoms with Gasteiger partial charge in [0.15, 0.2) is 0 Å². The van der Waals surface area contributed by atoms with E-state index >= 15 is 0 Å². The lowest BCUT2D eigenvalue weighted by molar-refractivity contribution is -0.384. The summed E-state index contributed by atoms with van der Waals surface area (Å²) in [6.45, 7) is 9.83. The van der Waals surface area contributed by atoms with E-state index < -0.39 is 4.92 Å². The maximum atomic E-state index is 12.4. The first-order valence-electron chi connectivity index (χ1n) is 11.1. The van der Waals surface area contributed by atoms with E-state index in [0.29, 0.717) is 25.2 Å². The molecule has 0 aliphatic carbocycles. The van der Waals surface area contributed by atoms with E-state index in [1.807, 2.05) is 32.0 Å². The van der Waals surface area contributed by atoms with Gasteiger partial charge in [-0.25, -0.2) is 0 Å². The summed E-state index contributed by atoms with van der Waals surface area (Å²) in [6.07, 6.45) is 0.301. The van der Waals surface area contributed by atoms with Crippen molar-refractivity contribution >= 4 is 28.9 Å². The summed E-state index contributed by atoms with van der Waals surface area (Å²) in [6, 6.07) is 10.3. The van der Waals surface area contributed by atoms with Crippen molar-refractivity contribution in [3.8, 4) is 0 Å². The quantitative estimate of drug-likeness (QED) is 0.470. The highest BCUT2D eigenvalue weighted by atomic mass is 16.6. The second-order valence-corrected chi connectivity index (χ2v) is 8.47. The number of carbonyl (C=O) groups excluding carboxylic acids is 2. The predicted octanol–water partition coefficient (Wildman–Crippen LogP) is 3.10. The number of rotatable bonds is 8. The number of piperazine rings is 1. The van der Waals surface area contributed by atoms with Gasteiger partial charge in [-0.3, -0.25) is 24.6 Å². The molecule has 0 spiro atoms. The summed E-state index contributed by atoms with van der Waals surface area (Å²) >= 11 is 0. The maximum Gasteiger partial charge on any atom is 0.271 e. The number of hydrogen-bond acceptors (Lipinski definition) is 6. The highest BCUT2D eigenvalue weighted by molar-refractivity contribution is 5.93. The Morgan fingerprint density at radius 3 is 2.27 bits per heavy atom. The number of nitro benzene ring substituents is 1. The average Bonchev–Trinajstić information content (AvgIpc) is 2.78. The molecular formula is C24H31N5O4. The molecule has 0 bridgehead atoms. The minimum absolute atomic E-state index is 0.0242. The van der Waals surface area contributed by atoms with Crippen LogP contribution in [0, 0.1) is 30.9 Å². The van der Waals surface area contributed by atoms with Gasteiger partial charge in [-0.1, -0.05) is 18.2 Å². The van der Waals surface area contributed by atoms with Crippen LogP contribution in [0.1, 0.15) is 23.1 Å². The number of nitro groups is 1. The van der Waals surface area contributed by atoms with E-state index in [-0.39, 0.29) is 17.5 Å². The highest BCUT2D eigenvalue weighted by Crippen LogP contribution is 2.22. The molecule has 0 aromatic heterocycles. The summed E-state index contributed by atoms with van der Waals surface area (Å²) < 4.78 is 0. The lowest BCUT2D eigenvalue weighted by Gasteiger charge is -2.34. The van der Waals surface area contributed by atoms with Gasteiger partial charge in [0.25, 0.3) is 5.69 Å². The monoisotopic (exact) mass is 453 g/mol. The van der Waals surface area contributed by atoms with E-state index in [2.05, 4.69) is 20.4 Å². The van der Waals surface area contributed by atoms with Crippen molar-refractivity contribution < 1.29 is 14.5 Å². The smallest absolute Gasteiger partial charge is 0.271 e. The Labute approximate surface area is 193 Å². The first-order chi connectivity index (χ1) is 15.7. The lowest BCUT2D eigenvalue weighted by Crippen LogP contribution is -2.49. The number of amides is 2. The SMILES string of the molecule is Cc1ccc([N+](=O)[O-])cc1NC(=O)CCN1CCN(CC(=O)Nc2cccc(C)c2C)CC1. The largest absolute Gasteiger partial charge is 0.326 e. The van der Waals surface area contributed by atoms with Crippen molar-refractivity contribution in [2.45, 2.75) is 27.2 Å². The van der Waals surface area contributed by atoms with E-state index in [0.717, 1.165) is 48.6 Å². The van der Waals surface area contributed by atoms with Crippen LogP contribution in [0.3, 0.4) is 0 Å². The molecule has 176 valence electrons. The number of hydrogen-bond donors (Lipinski definition) is 2. The van der Waals surface area contributed by atoms with Crippen molar-refractivity contribution in [2.75, 3.05) is 49.9 Å². The average molecular weight is 454 g/mol. The lowest BCUT2D eigenvalue weighted by atomic mass is 10.1. The zero-order chi connectivity index (χ0) is 24.0. The second-order valence-electron chi connectivity index (χ2n) is 8.47. The molecule has 0 atom stereocenters. The van der Waals surface area contributed by atoms with Gasteiger partial charge in [-0.15, -0.1) is 0 Å². The third-order valence-corrected chi connectivity index (χ3v) is 6.07. The standard InChI is InChI=1S/C24H31N5O4/c1-17-5-4-6-21(19(17)3)25-24(31)16-28-13-11-27(12-14-28)10-9-23(30)26-22-15-20(29(32)33)8-7-18(22)2/h4-8,15H,9-14,16H2,1-3H3,(H,25,31)(H,26,30). The molecule has 1 fully saturated rings. The Kier molecular flexibility index (Phi) is 8.13. The summed E-state index contributed by atoms with van der Waals surface area (Å²) in [4.78, 5) is 39.6. The van der Waals surface area contributed by atoms with Gasteiger partial charge in [0.05, 0.1) is 17.2 Å². The minimum atomic E-state index is -0.475. The first kappa shape index (κ1) is 24.3. The van der Waals surface area contributed by atoms with Gasteiger partial charge >= 0.3 is 0 Å². The molecule has 1 aliphatic rings. The number of non-ortho nitro benzene ring substituents is 1. The number of nitrogens with zero attached hydrogens (tertiary/aromatic N) is 3. The fraction of sp³-hybridized carbons (Fsp3) is 0.417. The van der Waals surface area contributed by atoms with E-state index in [1.165, 1.54) is 12.1 Å². The molecule has 33 heavy (non-hydrogen) atoms. The van der Waals surface area contributed by atoms with Crippen LogP contribution in [-0.4, -0.2) is 65.8 Å². The van der Waals surface area contributed by atoms with Gasteiger partial charge < -0.3 is 15.5 Å². The predicted molar refractivity (Wildman–Crippen MR) is 129 cm³/mol. The van der Waals surface area contributed by atoms with Gasteiger partial charge in [0, 0.05) is 57.0 Å². The summed E-state index contributed by atoms with van der Waals surface area (Å²) in [5.41, 5.74) is 4.27. The Morgan fingerprint density at radius 2 is 1.58 bits per heavy atom. The van der Waals surface area contributed by atoms with Crippen molar-refractivity contribution in [1.29, 1.82) is 0 Å². The van der Waals surface area contributed by atoms with Crippen LogP contribution in [0.4, 0.5) is 17.1 Å². The van der Waals surface area contributed by atoms with Gasteiger partial charge in [-0.2, -0.15) is 0 Å². The number of nitrogens with one attached hydrogen (secondary N) is 2. The Morgan fingerprint density at radius 1 is 0.909 bits per heavy atom. The van der Waals surface area contributed by atoms with Crippen LogP contribution in [0.5, 0.6) is 0 Å². The van der Waals surface area contributed by atoms with Crippen LogP contribution in [-0.2, 0) is 9.59 Å². The van der Waals surface area contributed by atoms with Crippen molar-refractivity contribution in [1.82, 2.24) is 9.80 Å². The molecule has 9 nitrogen and oxygen atoms in total. The molecule has 0 radical (unpaired) electrons. The molecule has 2 N–H and O–H groups in total. The molecule has 1 aliphatic heterocycles. The fourth-order valence-corrected chi connectivity index (χ4v) is 3.78. The Balaban J connectivity index is 1.40. The molecule has 3 rings (SSSR count). The molecular weight excluding hydrogens is 422 g/mol. The molecule has 2 aromatic rings. The second kappa shape index (κ2) is 11.0. The Bertz CT molecular complexity index is 1030. The Hall–Kier alpha value is -3.30. The summed E-state index contributed by atoms with van der Waals surface area (Å²) in [7, 11) is 0. The number of aryl methyl sites for hydroxylation is 2. The van der Waals surface area contributed by atoms with E-state index in [4.69, 9.17) is 0 Å². The van der Waals surface area contributed by atoms with Crippen LogP contribution in [0.2, 0.25) is 0 Å². The van der Waals surface area contributed by atoms with Crippen molar-refractivity contribution in [2.24, 2.45) is 0 Å². The van der Waals surface area contributed by atoms with Crippen molar-refractivity contribution in [3.05, 3.63) is 63.2 Å². The van der Waals surface area contributed by atoms with E-state index in [1.54, 1.807) is 13.0 Å². The van der Waals surface area contributed by atoms with E-state index in [9.17, 15) is 19.7 Å². The minimum Gasteiger partial charge on any atom is -0.326 e. The third-order valence-electron chi connectivity index (χ3n) is 6.07. The topological polar surface area (TPSA) is 108 Å². The van der Waals surface area contributed by atoms with Crippen LogP contribution < -0.4 is 10.6 Å². The highest BCUT2D eigenvalue weighted by Gasteiger charge is 2.20. The van der Waals surface area contributed by atoms with Crippen LogP contribution in [0.25, 0.3) is 0 Å². The molecule has 0 saturated carbocycles. The van der Waals surface area contributed by atoms with Crippen LogP contribution >= 0.6 is 0 Å². The van der Waals surface area contributed by atoms with Crippen molar-refractivity contribution in [3.63, 3.8) is 0 Å². The number of benzene rings is 2. The first-order valence-corrected chi connectivity index (χ1v) is 11.1. The zero-order valence-corrected chi connectivity index (χ0v) is 19.4. The van der Waals surface area contributed by atoms with Gasteiger partial charge in [0.1, 0.15) is 0 Å². The molecule has 2 aromatic carbocycles. The van der Waals surface area contributed by atoms with Gasteiger partial charge in [-0.05, 0) is 43.5 Å². The fourth-order valence-electron chi connectivity index (χ4n) is 3.78. The summed E-state index contributed by atoms with van der Waals surface area (Å²) in [5.74, 6) is -0.196. The molecule has 0 unspecified atom stereocenters. The third kappa shape index (κ3) is 6.84. The molecule has 9 heteroatoms. The number of carbonyl (C=O) groups is 2. The molecule has 1 heterocycles. The number of anilines is 2.